The van der Waals surface area contributed by atoms with Crippen molar-refractivity contribution in [3.05, 3.63) is 11.8 Å². The van der Waals surface area contributed by atoms with E-state index in [2.05, 4.69) is 4.90 Å². The Morgan fingerprint density at radius 1 is 1.75 bits per heavy atom. The highest BCUT2D eigenvalue weighted by Gasteiger charge is 2.13. The van der Waals surface area contributed by atoms with Gasteiger partial charge in [0, 0.05) is 25.4 Å². The smallest absolute Gasteiger partial charge is 0.332 e. The van der Waals surface area contributed by atoms with Gasteiger partial charge in [0.1, 0.15) is 0 Å². The number of ether oxygens (including phenoxy) is 1. The van der Waals surface area contributed by atoms with E-state index in [1.807, 2.05) is 14.0 Å². The summed E-state index contributed by atoms with van der Waals surface area (Å²) < 4.78 is 4.81. The van der Waals surface area contributed by atoms with Gasteiger partial charge in [-0.3, -0.25) is 0 Å². The highest BCUT2D eigenvalue weighted by atomic mass is 16.5. The lowest BCUT2D eigenvalue weighted by molar-refractivity contribution is -0.137. The van der Waals surface area contributed by atoms with E-state index in [9.17, 15) is 4.79 Å². The molecule has 1 aliphatic heterocycles. The van der Waals surface area contributed by atoms with Crippen molar-refractivity contribution in [1.29, 1.82) is 0 Å². The Morgan fingerprint density at radius 2 is 2.50 bits per heavy atom. The van der Waals surface area contributed by atoms with E-state index in [0.29, 0.717) is 6.61 Å². The number of nitrogens with zero attached hydrogens (tertiary/aromatic N) is 1. The maximum atomic E-state index is 11.0. The van der Waals surface area contributed by atoms with Gasteiger partial charge < -0.3 is 9.64 Å². The van der Waals surface area contributed by atoms with E-state index < -0.39 is 0 Å². The number of hydrogen-bond donors (Lipinski definition) is 0. The molecular formula is C9H15NO2. The lowest BCUT2D eigenvalue weighted by Crippen LogP contribution is -2.12. The maximum absolute atomic E-state index is 11.0. The molecule has 3 heteroatoms. The fraction of sp³-hybridized carbons (Fsp3) is 0.667. The second-order valence-corrected chi connectivity index (χ2v) is 2.91. The molecule has 1 aliphatic rings. The largest absolute Gasteiger partial charge is 0.463 e. The Morgan fingerprint density at radius 3 is 3.00 bits per heavy atom. The van der Waals surface area contributed by atoms with Gasteiger partial charge >= 0.3 is 5.97 Å². The van der Waals surface area contributed by atoms with Gasteiger partial charge in [-0.15, -0.1) is 0 Å². The van der Waals surface area contributed by atoms with Crippen LogP contribution in [-0.2, 0) is 9.53 Å². The fourth-order valence-corrected chi connectivity index (χ4v) is 1.33. The molecule has 12 heavy (non-hydrogen) atoms. The van der Waals surface area contributed by atoms with Crippen molar-refractivity contribution < 1.29 is 9.53 Å². The van der Waals surface area contributed by atoms with Crippen LogP contribution in [0.5, 0.6) is 0 Å². The summed E-state index contributed by atoms with van der Waals surface area (Å²) in [5.74, 6) is -0.221. The van der Waals surface area contributed by atoms with Gasteiger partial charge in [-0.2, -0.15) is 0 Å². The normalized spacial score (nSPS) is 20.2. The first kappa shape index (κ1) is 9.10. The molecule has 0 spiro atoms. The number of hydrogen-bond acceptors (Lipinski definition) is 3. The second kappa shape index (κ2) is 4.14. The number of allylic oxidation sites excluding steroid dienone is 1. The zero-order chi connectivity index (χ0) is 8.97. The molecule has 68 valence electrons. The molecule has 0 bridgehead atoms. The fourth-order valence-electron chi connectivity index (χ4n) is 1.33. The Kier molecular flexibility index (Phi) is 3.14. The average Bonchev–Trinajstić information content (AvgIpc) is 2.37. The SMILES string of the molecule is CCOC(=O)C=C1CCCN1C. The molecule has 0 aromatic heterocycles. The molecule has 0 atom stereocenters. The zero-order valence-corrected chi connectivity index (χ0v) is 7.67. The van der Waals surface area contributed by atoms with Crippen molar-refractivity contribution in [2.24, 2.45) is 0 Å². The monoisotopic (exact) mass is 169 g/mol. The quantitative estimate of drug-likeness (QED) is 0.459. The van der Waals surface area contributed by atoms with Gasteiger partial charge in [0.25, 0.3) is 0 Å². The van der Waals surface area contributed by atoms with E-state index in [1.54, 1.807) is 6.08 Å². The summed E-state index contributed by atoms with van der Waals surface area (Å²) in [6, 6.07) is 0. The Hall–Kier alpha value is -0.990. The van der Waals surface area contributed by atoms with Crippen molar-refractivity contribution >= 4 is 5.97 Å². The molecule has 1 heterocycles. The van der Waals surface area contributed by atoms with Crippen molar-refractivity contribution in [3.63, 3.8) is 0 Å². The molecule has 1 saturated heterocycles. The summed E-state index contributed by atoms with van der Waals surface area (Å²) in [6.07, 6.45) is 3.73. The molecule has 0 aliphatic carbocycles. The molecule has 0 radical (unpaired) electrons. The topological polar surface area (TPSA) is 29.5 Å². The molecule has 1 fully saturated rings. The van der Waals surface area contributed by atoms with Crippen LogP contribution in [0.3, 0.4) is 0 Å². The van der Waals surface area contributed by atoms with E-state index in [1.165, 1.54) is 0 Å². The van der Waals surface area contributed by atoms with Gasteiger partial charge in [0.2, 0.25) is 0 Å². The molecule has 0 saturated carbocycles. The number of carbonyl (C=O) groups is 1. The molecule has 0 N–H and O–H groups in total. The summed E-state index contributed by atoms with van der Waals surface area (Å²) >= 11 is 0. The predicted molar refractivity (Wildman–Crippen MR) is 46.6 cm³/mol. The predicted octanol–water partition coefficient (Wildman–Crippen LogP) is 1.16. The first-order chi connectivity index (χ1) is 5.74. The number of rotatable bonds is 2. The van der Waals surface area contributed by atoms with Crippen molar-refractivity contribution in [2.45, 2.75) is 19.8 Å². The first-order valence-electron chi connectivity index (χ1n) is 4.32. The molecule has 1 rings (SSSR count). The third-order valence-electron chi connectivity index (χ3n) is 1.99. The zero-order valence-electron chi connectivity index (χ0n) is 7.67. The highest BCUT2D eigenvalue weighted by molar-refractivity contribution is 5.82. The number of carbonyl (C=O) groups excluding carboxylic acids is 1. The van der Waals surface area contributed by atoms with Crippen molar-refractivity contribution in [1.82, 2.24) is 4.90 Å². The molecule has 0 amide bonds. The van der Waals surface area contributed by atoms with Crippen LogP contribution in [-0.4, -0.2) is 31.1 Å². The third-order valence-corrected chi connectivity index (χ3v) is 1.99. The van der Waals surface area contributed by atoms with Crippen LogP contribution in [0, 0.1) is 0 Å². The van der Waals surface area contributed by atoms with Gasteiger partial charge in [-0.25, -0.2) is 4.79 Å². The standard InChI is InChI=1S/C9H15NO2/c1-3-12-9(11)7-8-5-4-6-10(8)2/h7H,3-6H2,1-2H3. The summed E-state index contributed by atoms with van der Waals surface area (Å²) in [5.41, 5.74) is 1.09. The van der Waals surface area contributed by atoms with Crippen molar-refractivity contribution in [3.8, 4) is 0 Å². The summed E-state index contributed by atoms with van der Waals surface area (Å²) in [7, 11) is 2.00. The number of esters is 1. The summed E-state index contributed by atoms with van der Waals surface area (Å²) in [5, 5.41) is 0. The molecule has 0 aromatic carbocycles. The molecular weight excluding hydrogens is 154 g/mol. The second-order valence-electron chi connectivity index (χ2n) is 2.91. The Balaban J connectivity index is 2.49. The van der Waals surface area contributed by atoms with Crippen molar-refractivity contribution in [2.75, 3.05) is 20.2 Å². The van der Waals surface area contributed by atoms with Crippen LogP contribution >= 0.6 is 0 Å². The third kappa shape index (κ3) is 2.26. The van der Waals surface area contributed by atoms with Gasteiger partial charge in [0.05, 0.1) is 6.61 Å². The van der Waals surface area contributed by atoms with Crippen LogP contribution in [0.25, 0.3) is 0 Å². The minimum atomic E-state index is -0.221. The minimum Gasteiger partial charge on any atom is -0.463 e. The first-order valence-corrected chi connectivity index (χ1v) is 4.32. The van der Waals surface area contributed by atoms with E-state index in [-0.39, 0.29) is 5.97 Å². The Labute approximate surface area is 73.0 Å². The van der Waals surface area contributed by atoms with Crippen LogP contribution in [0.2, 0.25) is 0 Å². The molecule has 0 aromatic rings. The molecule has 3 nitrogen and oxygen atoms in total. The van der Waals surface area contributed by atoms with E-state index >= 15 is 0 Å². The van der Waals surface area contributed by atoms with Crippen LogP contribution in [0.15, 0.2) is 11.8 Å². The van der Waals surface area contributed by atoms with Gasteiger partial charge in [-0.05, 0) is 19.8 Å². The van der Waals surface area contributed by atoms with Gasteiger partial charge in [-0.1, -0.05) is 0 Å². The highest BCUT2D eigenvalue weighted by Crippen LogP contribution is 2.18. The minimum absolute atomic E-state index is 0.221. The van der Waals surface area contributed by atoms with Crippen LogP contribution < -0.4 is 0 Å². The van der Waals surface area contributed by atoms with Gasteiger partial charge in [0.15, 0.2) is 0 Å². The van der Waals surface area contributed by atoms with Crippen LogP contribution in [0.4, 0.5) is 0 Å². The maximum Gasteiger partial charge on any atom is 0.332 e. The summed E-state index contributed by atoms with van der Waals surface area (Å²) in [4.78, 5) is 13.1. The van der Waals surface area contributed by atoms with Crippen LogP contribution in [0.1, 0.15) is 19.8 Å². The lowest BCUT2D eigenvalue weighted by atomic mass is 10.3. The average molecular weight is 169 g/mol. The Bertz CT molecular complexity index is 199. The molecule has 0 unspecified atom stereocenters. The lowest BCUT2D eigenvalue weighted by Gasteiger charge is -2.11. The van der Waals surface area contributed by atoms with E-state index in [0.717, 1.165) is 25.1 Å². The summed E-state index contributed by atoms with van der Waals surface area (Å²) in [6.45, 7) is 3.31. The van der Waals surface area contributed by atoms with E-state index in [4.69, 9.17) is 4.74 Å². The number of likely N-dealkylation sites (tertiary alicyclic amines) is 1.